The number of aliphatic hydroxyl groups excluding tert-OH is 3. The van der Waals surface area contributed by atoms with Crippen molar-refractivity contribution >= 4 is 5.97 Å². The quantitative estimate of drug-likeness (QED) is 0.630. The van der Waals surface area contributed by atoms with E-state index in [1.807, 2.05) is 4.90 Å². The van der Waals surface area contributed by atoms with E-state index < -0.39 is 36.4 Å². The summed E-state index contributed by atoms with van der Waals surface area (Å²) >= 11 is 0. The molecular formula is C15H19NO5. The molecule has 0 saturated carbocycles. The van der Waals surface area contributed by atoms with Crippen LogP contribution in [0.15, 0.2) is 30.3 Å². The number of ether oxygens (including phenoxy) is 1. The van der Waals surface area contributed by atoms with E-state index in [9.17, 15) is 20.1 Å². The van der Waals surface area contributed by atoms with Crippen LogP contribution in [-0.2, 0) is 4.74 Å². The SMILES string of the molecule is O=C(O[C@H]1CN2CC[C@H](O)C2[C@@H](O)[C@@H]1O)c1ccccc1. The molecule has 2 aliphatic rings. The lowest BCUT2D eigenvalue weighted by molar-refractivity contribution is -0.143. The zero-order valence-corrected chi connectivity index (χ0v) is 11.5. The second kappa shape index (κ2) is 5.73. The van der Waals surface area contributed by atoms with Crippen molar-refractivity contribution in [3.8, 4) is 0 Å². The summed E-state index contributed by atoms with van der Waals surface area (Å²) in [5, 5.41) is 30.1. The molecule has 1 aromatic carbocycles. The molecule has 2 fully saturated rings. The lowest BCUT2D eigenvalue weighted by Crippen LogP contribution is -2.62. The van der Waals surface area contributed by atoms with Crippen LogP contribution in [0.1, 0.15) is 16.8 Å². The molecule has 2 saturated heterocycles. The summed E-state index contributed by atoms with van der Waals surface area (Å²) in [6.45, 7) is 0.938. The number of rotatable bonds is 2. The Morgan fingerprint density at radius 2 is 1.86 bits per heavy atom. The van der Waals surface area contributed by atoms with Crippen LogP contribution in [-0.4, -0.2) is 69.7 Å². The number of hydrogen-bond acceptors (Lipinski definition) is 6. The zero-order valence-electron chi connectivity index (χ0n) is 11.5. The Kier molecular flexibility index (Phi) is 3.95. The van der Waals surface area contributed by atoms with Crippen molar-refractivity contribution in [3.63, 3.8) is 0 Å². The van der Waals surface area contributed by atoms with Crippen LogP contribution in [0.3, 0.4) is 0 Å². The maximum atomic E-state index is 12.0. The predicted octanol–water partition coefficient (Wildman–Crippen LogP) is -0.617. The van der Waals surface area contributed by atoms with Crippen molar-refractivity contribution < 1.29 is 24.9 Å². The summed E-state index contributed by atoms with van der Waals surface area (Å²) < 4.78 is 5.33. The monoisotopic (exact) mass is 293 g/mol. The minimum Gasteiger partial charge on any atom is -0.455 e. The van der Waals surface area contributed by atoms with Crippen molar-refractivity contribution in [2.24, 2.45) is 0 Å². The maximum absolute atomic E-state index is 12.0. The first kappa shape index (κ1) is 14.5. The van der Waals surface area contributed by atoms with Crippen LogP contribution in [0.25, 0.3) is 0 Å². The molecule has 0 amide bonds. The van der Waals surface area contributed by atoms with Crippen LogP contribution in [0.2, 0.25) is 0 Å². The van der Waals surface area contributed by atoms with Gasteiger partial charge in [-0.15, -0.1) is 0 Å². The third-order valence-electron chi connectivity index (χ3n) is 4.29. The lowest BCUT2D eigenvalue weighted by Gasteiger charge is -2.42. The Morgan fingerprint density at radius 1 is 1.14 bits per heavy atom. The fraction of sp³-hybridized carbons (Fsp3) is 0.533. The first-order valence-corrected chi connectivity index (χ1v) is 7.12. The Labute approximate surface area is 122 Å². The first-order valence-electron chi connectivity index (χ1n) is 7.12. The summed E-state index contributed by atoms with van der Waals surface area (Å²) in [4.78, 5) is 13.9. The van der Waals surface area contributed by atoms with Crippen LogP contribution in [0.5, 0.6) is 0 Å². The van der Waals surface area contributed by atoms with Crippen molar-refractivity contribution in [1.82, 2.24) is 4.90 Å². The molecule has 0 bridgehead atoms. The van der Waals surface area contributed by atoms with Crippen molar-refractivity contribution in [3.05, 3.63) is 35.9 Å². The highest BCUT2D eigenvalue weighted by atomic mass is 16.6. The molecule has 0 aromatic heterocycles. The fourth-order valence-electron chi connectivity index (χ4n) is 3.17. The smallest absolute Gasteiger partial charge is 0.338 e. The van der Waals surface area contributed by atoms with E-state index in [2.05, 4.69) is 0 Å². The summed E-state index contributed by atoms with van der Waals surface area (Å²) in [5.74, 6) is -0.523. The molecule has 6 heteroatoms. The van der Waals surface area contributed by atoms with E-state index in [1.165, 1.54) is 0 Å². The van der Waals surface area contributed by atoms with Crippen LogP contribution < -0.4 is 0 Å². The molecule has 3 N–H and O–H groups in total. The number of carbonyl (C=O) groups excluding carboxylic acids is 1. The summed E-state index contributed by atoms with van der Waals surface area (Å²) in [6, 6.07) is 8.05. The normalized spacial score (nSPS) is 36.2. The van der Waals surface area contributed by atoms with E-state index >= 15 is 0 Å². The second-order valence-electron chi connectivity index (χ2n) is 5.63. The van der Waals surface area contributed by atoms with Gasteiger partial charge in [0.25, 0.3) is 0 Å². The highest BCUT2D eigenvalue weighted by Gasteiger charge is 2.49. The largest absolute Gasteiger partial charge is 0.455 e. The predicted molar refractivity (Wildman–Crippen MR) is 73.6 cm³/mol. The highest BCUT2D eigenvalue weighted by molar-refractivity contribution is 5.89. The van der Waals surface area contributed by atoms with Gasteiger partial charge in [0.05, 0.1) is 17.7 Å². The van der Waals surface area contributed by atoms with Crippen LogP contribution in [0.4, 0.5) is 0 Å². The fourth-order valence-corrected chi connectivity index (χ4v) is 3.17. The van der Waals surface area contributed by atoms with E-state index in [0.717, 1.165) is 0 Å². The van der Waals surface area contributed by atoms with Gasteiger partial charge >= 0.3 is 5.97 Å². The van der Waals surface area contributed by atoms with Gasteiger partial charge in [-0.25, -0.2) is 4.79 Å². The van der Waals surface area contributed by atoms with Crippen LogP contribution in [0, 0.1) is 0 Å². The summed E-state index contributed by atoms with van der Waals surface area (Å²) in [6.07, 6.45) is -3.21. The van der Waals surface area contributed by atoms with E-state index in [1.54, 1.807) is 30.3 Å². The number of nitrogens with zero attached hydrogens (tertiary/aromatic N) is 1. The van der Waals surface area contributed by atoms with Crippen LogP contribution >= 0.6 is 0 Å². The van der Waals surface area contributed by atoms with E-state index in [0.29, 0.717) is 25.1 Å². The number of esters is 1. The molecule has 0 aliphatic carbocycles. The number of carbonyl (C=O) groups is 1. The average molecular weight is 293 g/mol. The number of piperidine rings is 1. The molecule has 2 heterocycles. The van der Waals surface area contributed by atoms with Gasteiger partial charge in [-0.3, -0.25) is 4.90 Å². The molecule has 6 nitrogen and oxygen atoms in total. The molecule has 5 atom stereocenters. The highest BCUT2D eigenvalue weighted by Crippen LogP contribution is 2.29. The summed E-state index contributed by atoms with van der Waals surface area (Å²) in [7, 11) is 0. The van der Waals surface area contributed by atoms with Gasteiger partial charge in [-0.2, -0.15) is 0 Å². The second-order valence-corrected chi connectivity index (χ2v) is 5.63. The number of hydrogen-bond donors (Lipinski definition) is 3. The lowest BCUT2D eigenvalue weighted by atomic mass is 9.93. The molecule has 3 rings (SSSR count). The van der Waals surface area contributed by atoms with Crippen molar-refractivity contribution in [1.29, 1.82) is 0 Å². The zero-order chi connectivity index (χ0) is 15.0. The molecule has 0 radical (unpaired) electrons. The van der Waals surface area contributed by atoms with Gasteiger partial charge in [0, 0.05) is 13.1 Å². The average Bonchev–Trinajstić information content (AvgIpc) is 2.86. The van der Waals surface area contributed by atoms with Gasteiger partial charge < -0.3 is 20.1 Å². The Bertz CT molecular complexity index is 508. The minimum absolute atomic E-state index is 0.318. The van der Waals surface area contributed by atoms with Gasteiger partial charge in [0.15, 0.2) is 0 Å². The van der Waals surface area contributed by atoms with E-state index in [-0.39, 0.29) is 0 Å². The molecule has 1 aromatic rings. The van der Waals surface area contributed by atoms with Gasteiger partial charge in [-0.05, 0) is 18.6 Å². The Balaban J connectivity index is 1.70. The molecule has 1 unspecified atom stereocenters. The molecular weight excluding hydrogens is 274 g/mol. The van der Waals surface area contributed by atoms with Crippen molar-refractivity contribution in [2.75, 3.05) is 13.1 Å². The number of aliphatic hydroxyl groups is 3. The minimum atomic E-state index is -1.19. The standard InChI is InChI=1S/C15H19NO5/c17-10-6-7-16-8-11(13(18)14(19)12(10)16)21-15(20)9-4-2-1-3-5-9/h1-5,10-14,17-19H,6-8H2/t10-,11-,12?,13+,14+/m0/s1. The van der Waals surface area contributed by atoms with E-state index in [4.69, 9.17) is 4.74 Å². The maximum Gasteiger partial charge on any atom is 0.338 e. The molecule has 2 aliphatic heterocycles. The topological polar surface area (TPSA) is 90.2 Å². The molecule has 0 spiro atoms. The van der Waals surface area contributed by atoms with Gasteiger partial charge in [-0.1, -0.05) is 18.2 Å². The third kappa shape index (κ3) is 2.67. The first-order chi connectivity index (χ1) is 10.1. The third-order valence-corrected chi connectivity index (χ3v) is 4.29. The van der Waals surface area contributed by atoms with Crippen molar-refractivity contribution in [2.45, 2.75) is 36.9 Å². The van der Waals surface area contributed by atoms with Gasteiger partial charge in [0.2, 0.25) is 0 Å². The molecule has 114 valence electrons. The Morgan fingerprint density at radius 3 is 2.57 bits per heavy atom. The number of benzene rings is 1. The summed E-state index contributed by atoms with van der Waals surface area (Å²) in [5.41, 5.74) is 0.405. The Hall–Kier alpha value is -1.47. The van der Waals surface area contributed by atoms with Gasteiger partial charge in [0.1, 0.15) is 18.3 Å². The molecule has 21 heavy (non-hydrogen) atoms. The number of fused-ring (bicyclic) bond motifs is 1.